The van der Waals surface area contributed by atoms with Crippen molar-refractivity contribution in [2.45, 2.75) is 6.61 Å². The van der Waals surface area contributed by atoms with Crippen LogP contribution in [0.2, 0.25) is 0 Å². The van der Waals surface area contributed by atoms with E-state index in [2.05, 4.69) is 0 Å². The van der Waals surface area contributed by atoms with Crippen LogP contribution in [0.1, 0.15) is 5.56 Å². The molecule has 1 aromatic rings. The molecular formula is C10H14N2O4S. The van der Waals surface area contributed by atoms with Crippen molar-refractivity contribution in [3.05, 3.63) is 35.9 Å². The summed E-state index contributed by atoms with van der Waals surface area (Å²) in [7, 11) is -1.45. The summed E-state index contributed by atoms with van der Waals surface area (Å²) in [5.41, 5.74) is 0.788. The van der Waals surface area contributed by atoms with Gasteiger partial charge in [0.25, 0.3) is 0 Å². The van der Waals surface area contributed by atoms with Gasteiger partial charge >= 0.3 is 16.3 Å². The van der Waals surface area contributed by atoms with Crippen LogP contribution < -0.4 is 4.72 Å². The van der Waals surface area contributed by atoms with Crippen molar-refractivity contribution in [2.75, 3.05) is 14.1 Å². The number of rotatable bonds is 4. The Hall–Kier alpha value is -1.60. The van der Waals surface area contributed by atoms with Gasteiger partial charge in [-0.15, -0.1) is 0 Å². The number of hydrogen-bond donors (Lipinski definition) is 1. The van der Waals surface area contributed by atoms with Gasteiger partial charge in [0.1, 0.15) is 6.61 Å². The van der Waals surface area contributed by atoms with Gasteiger partial charge in [0, 0.05) is 14.1 Å². The average Bonchev–Trinajstić information content (AvgIpc) is 2.36. The van der Waals surface area contributed by atoms with Crippen LogP contribution in [-0.2, 0) is 21.6 Å². The zero-order valence-electron chi connectivity index (χ0n) is 9.58. The molecular weight excluding hydrogens is 244 g/mol. The standard InChI is InChI=1S/C10H14N2O4S/c1-11-17(14,15)12(2)10(13)16-8-9-6-4-3-5-7-9/h3-7,11H,8H2,1-2H3. The Balaban J connectivity index is 2.57. The van der Waals surface area contributed by atoms with Gasteiger partial charge in [0.05, 0.1) is 0 Å². The van der Waals surface area contributed by atoms with E-state index in [1.54, 1.807) is 24.3 Å². The van der Waals surface area contributed by atoms with Crippen molar-refractivity contribution in [1.29, 1.82) is 0 Å². The fourth-order valence-electron chi connectivity index (χ4n) is 1.05. The van der Waals surface area contributed by atoms with Crippen molar-refractivity contribution in [1.82, 2.24) is 9.03 Å². The van der Waals surface area contributed by atoms with Crippen molar-refractivity contribution >= 4 is 16.3 Å². The molecule has 0 saturated heterocycles. The Morgan fingerprint density at radius 1 is 1.35 bits per heavy atom. The van der Waals surface area contributed by atoms with Gasteiger partial charge in [-0.1, -0.05) is 30.3 Å². The lowest BCUT2D eigenvalue weighted by molar-refractivity contribution is 0.124. The third-order valence-corrected chi connectivity index (χ3v) is 3.47. The molecule has 1 N–H and O–H groups in total. The number of benzene rings is 1. The maximum atomic E-state index is 11.4. The SMILES string of the molecule is CNS(=O)(=O)N(C)C(=O)OCc1ccccc1. The molecule has 0 spiro atoms. The normalized spacial score (nSPS) is 10.9. The highest BCUT2D eigenvalue weighted by Crippen LogP contribution is 2.04. The summed E-state index contributed by atoms with van der Waals surface area (Å²) in [6.07, 6.45) is -0.928. The minimum absolute atomic E-state index is 0.0310. The van der Waals surface area contributed by atoms with E-state index >= 15 is 0 Å². The van der Waals surface area contributed by atoms with Crippen LogP contribution in [0.15, 0.2) is 30.3 Å². The highest BCUT2D eigenvalue weighted by Gasteiger charge is 2.22. The van der Waals surface area contributed by atoms with Gasteiger partial charge in [-0.25, -0.2) is 9.52 Å². The number of nitrogens with one attached hydrogen (secondary N) is 1. The molecule has 0 aliphatic carbocycles. The van der Waals surface area contributed by atoms with Gasteiger partial charge in [-0.3, -0.25) is 0 Å². The number of ether oxygens (including phenoxy) is 1. The van der Waals surface area contributed by atoms with Crippen LogP contribution in [0.5, 0.6) is 0 Å². The summed E-state index contributed by atoms with van der Waals surface area (Å²) >= 11 is 0. The van der Waals surface area contributed by atoms with E-state index in [1.165, 1.54) is 7.05 Å². The first-order chi connectivity index (χ1) is 7.97. The van der Waals surface area contributed by atoms with Gasteiger partial charge in [0.2, 0.25) is 0 Å². The number of carbonyl (C=O) groups excluding carboxylic acids is 1. The summed E-state index contributed by atoms with van der Waals surface area (Å²) in [5, 5.41) is 0. The molecule has 0 heterocycles. The Morgan fingerprint density at radius 2 is 1.94 bits per heavy atom. The van der Waals surface area contributed by atoms with Crippen LogP contribution >= 0.6 is 0 Å². The quantitative estimate of drug-likeness (QED) is 0.863. The van der Waals surface area contributed by atoms with E-state index in [0.29, 0.717) is 4.31 Å². The molecule has 1 amide bonds. The van der Waals surface area contributed by atoms with E-state index < -0.39 is 16.3 Å². The lowest BCUT2D eigenvalue weighted by Crippen LogP contribution is -2.40. The smallest absolute Gasteiger partial charge is 0.424 e. The molecule has 7 heteroatoms. The first kappa shape index (κ1) is 13.5. The Labute approximate surface area is 100 Å². The first-order valence-electron chi connectivity index (χ1n) is 4.85. The number of carbonyl (C=O) groups is 1. The second kappa shape index (κ2) is 5.65. The summed E-state index contributed by atoms with van der Waals surface area (Å²) < 4.78 is 29.9. The molecule has 0 fully saturated rings. The summed E-state index contributed by atoms with van der Waals surface area (Å²) in [5.74, 6) is 0. The Bertz CT molecular complexity index is 472. The lowest BCUT2D eigenvalue weighted by Gasteiger charge is -2.16. The van der Waals surface area contributed by atoms with E-state index in [9.17, 15) is 13.2 Å². The third-order valence-electron chi connectivity index (χ3n) is 2.08. The average molecular weight is 258 g/mol. The fourth-order valence-corrected chi connectivity index (χ4v) is 1.57. The minimum atomic E-state index is -3.79. The van der Waals surface area contributed by atoms with E-state index in [0.717, 1.165) is 12.6 Å². The minimum Gasteiger partial charge on any atom is -0.444 e. The van der Waals surface area contributed by atoms with Gasteiger partial charge in [0.15, 0.2) is 0 Å². The summed E-state index contributed by atoms with van der Waals surface area (Å²) in [4.78, 5) is 11.4. The van der Waals surface area contributed by atoms with Crippen molar-refractivity contribution < 1.29 is 17.9 Å². The van der Waals surface area contributed by atoms with E-state index in [-0.39, 0.29) is 6.61 Å². The van der Waals surface area contributed by atoms with Gasteiger partial charge in [-0.05, 0) is 5.56 Å². The molecule has 0 bridgehead atoms. The van der Waals surface area contributed by atoms with Crippen molar-refractivity contribution in [3.8, 4) is 0 Å². The topological polar surface area (TPSA) is 75.7 Å². The largest absolute Gasteiger partial charge is 0.444 e. The van der Waals surface area contributed by atoms with Crippen LogP contribution in [0.25, 0.3) is 0 Å². The second-order valence-electron chi connectivity index (χ2n) is 3.22. The zero-order chi connectivity index (χ0) is 12.9. The molecule has 0 aromatic heterocycles. The fraction of sp³-hybridized carbons (Fsp3) is 0.300. The molecule has 6 nitrogen and oxygen atoms in total. The van der Waals surface area contributed by atoms with Gasteiger partial charge in [-0.2, -0.15) is 12.7 Å². The molecule has 0 unspecified atom stereocenters. The molecule has 94 valence electrons. The molecule has 17 heavy (non-hydrogen) atoms. The summed E-state index contributed by atoms with van der Waals surface area (Å²) in [6, 6.07) is 9.00. The van der Waals surface area contributed by atoms with E-state index in [1.807, 2.05) is 10.8 Å². The number of nitrogens with zero attached hydrogens (tertiary/aromatic N) is 1. The predicted octanol–water partition coefficient (Wildman–Crippen LogP) is 0.719. The highest BCUT2D eigenvalue weighted by atomic mass is 32.2. The maximum Gasteiger partial charge on any atom is 0.424 e. The number of hydrogen-bond acceptors (Lipinski definition) is 4. The van der Waals surface area contributed by atoms with Crippen LogP contribution in [0.3, 0.4) is 0 Å². The van der Waals surface area contributed by atoms with Crippen LogP contribution in [0, 0.1) is 0 Å². The second-order valence-corrected chi connectivity index (χ2v) is 5.12. The molecule has 0 atom stereocenters. The molecule has 0 aliphatic heterocycles. The molecule has 0 aliphatic rings. The van der Waals surface area contributed by atoms with Crippen LogP contribution in [0.4, 0.5) is 4.79 Å². The molecule has 0 radical (unpaired) electrons. The first-order valence-corrected chi connectivity index (χ1v) is 6.29. The highest BCUT2D eigenvalue weighted by molar-refractivity contribution is 7.87. The predicted molar refractivity (Wildman–Crippen MR) is 62.4 cm³/mol. The zero-order valence-corrected chi connectivity index (χ0v) is 10.4. The Kier molecular flexibility index (Phi) is 4.47. The van der Waals surface area contributed by atoms with Crippen molar-refractivity contribution in [2.24, 2.45) is 0 Å². The molecule has 0 saturated carbocycles. The van der Waals surface area contributed by atoms with Crippen LogP contribution in [-0.4, -0.2) is 32.9 Å². The lowest BCUT2D eigenvalue weighted by atomic mass is 10.2. The monoisotopic (exact) mass is 258 g/mol. The van der Waals surface area contributed by atoms with Crippen molar-refractivity contribution in [3.63, 3.8) is 0 Å². The maximum absolute atomic E-state index is 11.4. The van der Waals surface area contributed by atoms with E-state index in [4.69, 9.17) is 4.74 Å². The molecule has 1 rings (SSSR count). The number of amides is 1. The Morgan fingerprint density at radius 3 is 2.47 bits per heavy atom. The van der Waals surface area contributed by atoms with Gasteiger partial charge < -0.3 is 4.74 Å². The third kappa shape index (κ3) is 3.72. The molecule has 1 aromatic carbocycles. The summed E-state index contributed by atoms with van der Waals surface area (Å²) in [6.45, 7) is 0.0310.